The van der Waals surface area contributed by atoms with Gasteiger partial charge in [-0.25, -0.2) is 14.6 Å². The second kappa shape index (κ2) is 12.7. The molecule has 0 aliphatic rings. The molecule has 6 nitrogen and oxygen atoms in total. The van der Waals surface area contributed by atoms with Gasteiger partial charge in [-0.2, -0.15) is 13.9 Å². The summed E-state index contributed by atoms with van der Waals surface area (Å²) in [6, 6.07) is 4.98. The lowest BCUT2D eigenvalue weighted by atomic mass is 9.89. The molecule has 0 fully saturated rings. The molecule has 0 radical (unpaired) electrons. The summed E-state index contributed by atoms with van der Waals surface area (Å²) in [5, 5.41) is 3.96. The lowest BCUT2D eigenvalue weighted by Crippen LogP contribution is -2.40. The van der Waals surface area contributed by atoms with Crippen molar-refractivity contribution in [2.24, 2.45) is 16.8 Å². The monoisotopic (exact) mass is 441 g/mol. The summed E-state index contributed by atoms with van der Waals surface area (Å²) >= 11 is 0. The smallest absolute Gasteiger partial charge is 0.298 e. The van der Waals surface area contributed by atoms with Gasteiger partial charge in [-0.05, 0) is 23.3 Å². The summed E-state index contributed by atoms with van der Waals surface area (Å²) < 4.78 is 63.0. The van der Waals surface area contributed by atoms with Gasteiger partial charge in [-0.3, -0.25) is 9.99 Å². The second-order valence-corrected chi connectivity index (χ2v) is 6.14. The van der Waals surface area contributed by atoms with Crippen LogP contribution in [0.3, 0.4) is 0 Å². The number of methoxy groups -OCH3 is 1. The van der Waals surface area contributed by atoms with Crippen molar-refractivity contribution < 1.29 is 22.3 Å². The number of nitrogens with two attached hydrogens (primary N) is 2. The van der Waals surface area contributed by atoms with E-state index >= 15 is 8.78 Å². The van der Waals surface area contributed by atoms with Gasteiger partial charge in [-0.15, -0.1) is 0 Å². The van der Waals surface area contributed by atoms with Crippen LogP contribution in [0, 0.1) is 11.6 Å². The fourth-order valence-corrected chi connectivity index (χ4v) is 2.70. The standard InChI is InChI=1S/C19H21F4N5O.C2H6/c1-29-8-2-3-13-4-7-18(26-10-13)19(22,23)16(11-28(25)12-27-24)15-6-5-14(20)9-17(15)21;1-2/h2-7,9-10,12,16H,8,11,24-25H2,1H3;1-2H3/b3-2-,27-12-;. The van der Waals surface area contributed by atoms with Crippen molar-refractivity contribution in [3.05, 3.63) is 71.1 Å². The number of hydrazine groups is 1. The number of benzene rings is 1. The van der Waals surface area contributed by atoms with Crippen molar-refractivity contribution in [3.63, 3.8) is 0 Å². The average Bonchev–Trinajstić information content (AvgIpc) is 2.75. The molecule has 10 heteroatoms. The van der Waals surface area contributed by atoms with Crippen molar-refractivity contribution >= 4 is 12.4 Å². The minimum absolute atomic E-state index is 0.360. The first-order chi connectivity index (χ1) is 14.8. The second-order valence-electron chi connectivity index (χ2n) is 6.14. The third-order valence-corrected chi connectivity index (χ3v) is 4.08. The zero-order valence-corrected chi connectivity index (χ0v) is 17.6. The first kappa shape index (κ1) is 26.1. The third kappa shape index (κ3) is 7.34. The minimum Gasteiger partial charge on any atom is -0.381 e. The molecule has 0 aliphatic carbocycles. The molecule has 0 aliphatic heterocycles. The number of halogens is 4. The Bertz CT molecular complexity index is 859. The molecule has 0 spiro atoms. The number of ether oxygens (including phenoxy) is 1. The summed E-state index contributed by atoms with van der Waals surface area (Å²) in [7, 11) is 1.52. The van der Waals surface area contributed by atoms with E-state index in [0.29, 0.717) is 18.2 Å². The maximum atomic E-state index is 15.3. The molecule has 0 saturated heterocycles. The summed E-state index contributed by atoms with van der Waals surface area (Å²) in [4.78, 5) is 3.82. The number of rotatable bonds is 9. The van der Waals surface area contributed by atoms with Crippen molar-refractivity contribution in [3.8, 4) is 0 Å². The van der Waals surface area contributed by atoms with Crippen molar-refractivity contribution in [2.75, 3.05) is 20.3 Å². The first-order valence-electron chi connectivity index (χ1n) is 9.49. The summed E-state index contributed by atoms with van der Waals surface area (Å²) in [6.45, 7) is 3.81. The minimum atomic E-state index is -3.63. The Labute approximate surface area is 179 Å². The molecule has 1 unspecified atom stereocenters. The molecule has 2 rings (SSSR count). The van der Waals surface area contributed by atoms with Gasteiger partial charge in [-0.1, -0.05) is 38.1 Å². The molecule has 1 aromatic heterocycles. The Kier molecular flexibility index (Phi) is 10.6. The Balaban J connectivity index is 0.00000233. The van der Waals surface area contributed by atoms with Crippen LogP contribution in [0.5, 0.6) is 0 Å². The highest BCUT2D eigenvalue weighted by Crippen LogP contribution is 2.42. The molecule has 4 N–H and O–H groups in total. The zero-order chi connectivity index (χ0) is 23.4. The Morgan fingerprint density at radius 2 is 1.94 bits per heavy atom. The number of hydrogen-bond acceptors (Lipinski definition) is 5. The molecule has 1 heterocycles. The van der Waals surface area contributed by atoms with E-state index in [1.54, 1.807) is 12.2 Å². The van der Waals surface area contributed by atoms with Gasteiger partial charge < -0.3 is 10.6 Å². The quantitative estimate of drug-likeness (QED) is 0.202. The predicted molar refractivity (Wildman–Crippen MR) is 113 cm³/mol. The molecule has 0 bridgehead atoms. The molecule has 1 aromatic carbocycles. The maximum absolute atomic E-state index is 15.3. The van der Waals surface area contributed by atoms with Crippen LogP contribution < -0.4 is 11.7 Å². The lowest BCUT2D eigenvalue weighted by molar-refractivity contribution is -0.0443. The predicted octanol–water partition coefficient (Wildman–Crippen LogP) is 4.00. The summed E-state index contributed by atoms with van der Waals surface area (Å²) in [6.07, 6.45) is 5.54. The SMILES string of the molecule is CC.COC/C=C\c1ccc(C(F)(F)C(CN(N)/C=N\N)c2ccc(F)cc2F)nc1. The topological polar surface area (TPSA) is 89.8 Å². The molecular formula is C21H27F4N5O. The molecule has 31 heavy (non-hydrogen) atoms. The van der Waals surface area contributed by atoms with Crippen LogP contribution in [0.1, 0.15) is 36.6 Å². The highest BCUT2D eigenvalue weighted by molar-refractivity contribution is 5.53. The Hall–Kier alpha value is -2.98. The van der Waals surface area contributed by atoms with Crippen LogP contribution in [0.2, 0.25) is 0 Å². The van der Waals surface area contributed by atoms with E-state index < -0.39 is 41.3 Å². The van der Waals surface area contributed by atoms with Gasteiger partial charge in [0.25, 0.3) is 5.92 Å². The van der Waals surface area contributed by atoms with E-state index in [9.17, 15) is 8.78 Å². The van der Waals surface area contributed by atoms with Crippen LogP contribution in [0.4, 0.5) is 17.6 Å². The normalized spacial score (nSPS) is 12.6. The maximum Gasteiger partial charge on any atom is 0.298 e. The molecule has 0 saturated carbocycles. The van der Waals surface area contributed by atoms with Crippen LogP contribution >= 0.6 is 0 Å². The third-order valence-electron chi connectivity index (χ3n) is 4.08. The Morgan fingerprint density at radius 1 is 1.23 bits per heavy atom. The van der Waals surface area contributed by atoms with E-state index in [0.717, 1.165) is 29.5 Å². The molecule has 0 amide bonds. The van der Waals surface area contributed by atoms with Crippen molar-refractivity contribution in [1.29, 1.82) is 0 Å². The van der Waals surface area contributed by atoms with Crippen LogP contribution in [-0.2, 0) is 10.7 Å². The van der Waals surface area contributed by atoms with E-state index in [-0.39, 0.29) is 0 Å². The number of hydrazone groups is 1. The van der Waals surface area contributed by atoms with Crippen LogP contribution in [0.25, 0.3) is 6.08 Å². The van der Waals surface area contributed by atoms with E-state index in [1.165, 1.54) is 19.4 Å². The Morgan fingerprint density at radius 3 is 2.48 bits per heavy atom. The molecular weight excluding hydrogens is 414 g/mol. The fourth-order valence-electron chi connectivity index (χ4n) is 2.70. The highest BCUT2D eigenvalue weighted by atomic mass is 19.3. The number of pyridine rings is 1. The highest BCUT2D eigenvalue weighted by Gasteiger charge is 2.45. The van der Waals surface area contributed by atoms with Crippen molar-refractivity contribution in [1.82, 2.24) is 9.99 Å². The molecule has 2 aromatic rings. The van der Waals surface area contributed by atoms with Gasteiger partial charge >= 0.3 is 0 Å². The van der Waals surface area contributed by atoms with Crippen LogP contribution in [-0.4, -0.2) is 36.6 Å². The first-order valence-corrected chi connectivity index (χ1v) is 9.49. The average molecular weight is 441 g/mol. The zero-order valence-electron chi connectivity index (χ0n) is 17.6. The van der Waals surface area contributed by atoms with Crippen molar-refractivity contribution in [2.45, 2.75) is 25.7 Å². The van der Waals surface area contributed by atoms with Crippen LogP contribution in [0.15, 0.2) is 47.7 Å². The van der Waals surface area contributed by atoms with E-state index in [2.05, 4.69) is 10.1 Å². The van der Waals surface area contributed by atoms with E-state index in [4.69, 9.17) is 16.4 Å². The summed E-state index contributed by atoms with van der Waals surface area (Å²) in [5.74, 6) is 3.17. The van der Waals surface area contributed by atoms with Gasteiger partial charge in [0.1, 0.15) is 23.7 Å². The number of alkyl halides is 2. The molecule has 1 atom stereocenters. The van der Waals surface area contributed by atoms with Gasteiger partial charge in [0, 0.05) is 25.9 Å². The fraction of sp³-hybridized carbons (Fsp3) is 0.333. The van der Waals surface area contributed by atoms with Gasteiger partial charge in [0.05, 0.1) is 12.5 Å². The number of nitrogens with zero attached hydrogens (tertiary/aromatic N) is 3. The van der Waals surface area contributed by atoms with Gasteiger partial charge in [0.2, 0.25) is 0 Å². The lowest BCUT2D eigenvalue weighted by Gasteiger charge is -2.29. The number of aromatic nitrogens is 1. The summed E-state index contributed by atoms with van der Waals surface area (Å²) in [5.41, 5.74) is -0.418. The largest absolute Gasteiger partial charge is 0.381 e. The molecule has 170 valence electrons. The van der Waals surface area contributed by atoms with E-state index in [1.807, 2.05) is 13.8 Å². The number of hydrogen-bond donors (Lipinski definition) is 2. The van der Waals surface area contributed by atoms with Gasteiger partial charge in [0.15, 0.2) is 0 Å².